The molecule has 22 heavy (non-hydrogen) atoms. The molecule has 0 atom stereocenters. The van der Waals surface area contributed by atoms with Crippen LogP contribution in [0.3, 0.4) is 0 Å². The van der Waals surface area contributed by atoms with Crippen LogP contribution in [0.15, 0.2) is 18.2 Å². The zero-order valence-electron chi connectivity index (χ0n) is 12.5. The van der Waals surface area contributed by atoms with Gasteiger partial charge < -0.3 is 9.47 Å². The van der Waals surface area contributed by atoms with Crippen molar-refractivity contribution in [2.75, 3.05) is 13.2 Å². The van der Waals surface area contributed by atoms with Gasteiger partial charge in [-0.1, -0.05) is 24.3 Å². The number of allylic oxidation sites excluding steroid dienone is 2. The second-order valence-corrected chi connectivity index (χ2v) is 4.93. The molecule has 0 amide bonds. The summed E-state index contributed by atoms with van der Waals surface area (Å²) in [5.41, 5.74) is 2.52. The lowest BCUT2D eigenvalue weighted by molar-refractivity contribution is -0.136. The molecule has 0 unspecified atom stereocenters. The standard InChI is InChI=1S/C18H16O4/c1-3-21-17(19)14-9-8-13-11-6-5-7-12(11)16(10-15(13)14)18(20)22-4-2/h5-10H,3-4H2,1-2H3. The van der Waals surface area contributed by atoms with Crippen molar-refractivity contribution in [3.8, 4) is 0 Å². The summed E-state index contributed by atoms with van der Waals surface area (Å²) in [6, 6.07) is 1.72. The summed E-state index contributed by atoms with van der Waals surface area (Å²) in [5, 5.41) is 1.88. The minimum atomic E-state index is -0.378. The van der Waals surface area contributed by atoms with E-state index >= 15 is 0 Å². The van der Waals surface area contributed by atoms with Crippen molar-refractivity contribution < 1.29 is 19.1 Å². The molecule has 1 aromatic rings. The molecule has 1 aromatic carbocycles. The Hall–Kier alpha value is -2.62. The average Bonchev–Trinajstić information content (AvgIpc) is 3.12. The molecule has 3 rings (SSSR count). The number of carbonyl (C=O) groups excluding carboxylic acids is 2. The number of esters is 2. The Kier molecular flexibility index (Phi) is 3.67. The van der Waals surface area contributed by atoms with Crippen molar-refractivity contribution in [1.29, 1.82) is 0 Å². The van der Waals surface area contributed by atoms with E-state index in [4.69, 9.17) is 9.47 Å². The Labute approximate surface area is 128 Å². The largest absolute Gasteiger partial charge is 0.462 e. The first-order valence-electron chi connectivity index (χ1n) is 7.29. The molecule has 0 spiro atoms. The van der Waals surface area contributed by atoms with E-state index in [1.54, 1.807) is 26.0 Å². The van der Waals surface area contributed by atoms with Gasteiger partial charge in [0.15, 0.2) is 0 Å². The summed E-state index contributed by atoms with van der Waals surface area (Å²) in [6.45, 7) is 4.16. The SMILES string of the molecule is CCOC(=O)C1=CC=c2c1cc(C(=O)OCC)c1c2=CC=C1. The maximum absolute atomic E-state index is 12.2. The minimum Gasteiger partial charge on any atom is -0.462 e. The summed E-state index contributed by atoms with van der Waals surface area (Å²) in [7, 11) is 0. The lowest BCUT2D eigenvalue weighted by Crippen LogP contribution is -2.31. The van der Waals surface area contributed by atoms with E-state index in [0.717, 1.165) is 21.6 Å². The van der Waals surface area contributed by atoms with Gasteiger partial charge in [-0.15, -0.1) is 0 Å². The lowest BCUT2D eigenvalue weighted by Gasteiger charge is -2.10. The third-order valence-electron chi connectivity index (χ3n) is 3.67. The van der Waals surface area contributed by atoms with Gasteiger partial charge in [-0.05, 0) is 47.6 Å². The van der Waals surface area contributed by atoms with Crippen molar-refractivity contribution in [1.82, 2.24) is 0 Å². The molecule has 0 aliphatic heterocycles. The number of hydrogen-bond acceptors (Lipinski definition) is 4. The first-order valence-corrected chi connectivity index (χ1v) is 7.29. The Morgan fingerprint density at radius 3 is 2.41 bits per heavy atom. The van der Waals surface area contributed by atoms with Gasteiger partial charge in [0.1, 0.15) is 0 Å². The molecule has 4 heteroatoms. The van der Waals surface area contributed by atoms with Crippen LogP contribution in [-0.2, 0) is 14.3 Å². The molecule has 0 bridgehead atoms. The van der Waals surface area contributed by atoms with E-state index in [0.29, 0.717) is 24.4 Å². The van der Waals surface area contributed by atoms with Gasteiger partial charge in [0.05, 0.1) is 24.4 Å². The molecular weight excluding hydrogens is 280 g/mol. The van der Waals surface area contributed by atoms with Gasteiger partial charge >= 0.3 is 11.9 Å². The van der Waals surface area contributed by atoms with Crippen LogP contribution >= 0.6 is 0 Å². The van der Waals surface area contributed by atoms with Gasteiger partial charge in [0, 0.05) is 0 Å². The zero-order chi connectivity index (χ0) is 15.7. The second-order valence-electron chi connectivity index (χ2n) is 4.93. The van der Waals surface area contributed by atoms with Crippen molar-refractivity contribution in [3.63, 3.8) is 0 Å². The maximum Gasteiger partial charge on any atom is 0.338 e. The van der Waals surface area contributed by atoms with Crippen molar-refractivity contribution in [3.05, 3.63) is 45.3 Å². The van der Waals surface area contributed by atoms with E-state index < -0.39 is 0 Å². The minimum absolute atomic E-state index is 0.310. The monoisotopic (exact) mass is 296 g/mol. The van der Waals surface area contributed by atoms with Crippen LogP contribution < -0.4 is 10.4 Å². The van der Waals surface area contributed by atoms with Gasteiger partial charge in [0.25, 0.3) is 0 Å². The van der Waals surface area contributed by atoms with Gasteiger partial charge in [0.2, 0.25) is 0 Å². The summed E-state index contributed by atoms with van der Waals surface area (Å²) in [6.07, 6.45) is 9.35. The number of rotatable bonds is 4. The fourth-order valence-electron chi connectivity index (χ4n) is 2.76. The normalized spacial score (nSPS) is 13.6. The summed E-state index contributed by atoms with van der Waals surface area (Å²) >= 11 is 0. The molecule has 0 radical (unpaired) electrons. The average molecular weight is 296 g/mol. The molecule has 0 aromatic heterocycles. The smallest absolute Gasteiger partial charge is 0.338 e. The molecule has 0 fully saturated rings. The van der Waals surface area contributed by atoms with Gasteiger partial charge in [-0.2, -0.15) is 0 Å². The molecule has 112 valence electrons. The molecule has 0 N–H and O–H groups in total. The Morgan fingerprint density at radius 2 is 1.68 bits per heavy atom. The van der Waals surface area contributed by atoms with E-state index in [2.05, 4.69) is 0 Å². The number of fused-ring (bicyclic) bond motifs is 3. The van der Waals surface area contributed by atoms with Crippen LogP contribution in [0.2, 0.25) is 0 Å². The van der Waals surface area contributed by atoms with E-state index in [1.165, 1.54) is 0 Å². The fourth-order valence-corrected chi connectivity index (χ4v) is 2.76. The lowest BCUT2D eigenvalue weighted by atomic mass is 9.98. The highest BCUT2D eigenvalue weighted by atomic mass is 16.5. The number of carbonyl (C=O) groups is 2. The van der Waals surface area contributed by atoms with Crippen molar-refractivity contribution in [2.45, 2.75) is 13.8 Å². The van der Waals surface area contributed by atoms with Crippen LogP contribution in [-0.4, -0.2) is 25.2 Å². The molecule has 2 aliphatic rings. The first kappa shape index (κ1) is 14.3. The molecule has 0 heterocycles. The molecular formula is C18H16O4. The van der Waals surface area contributed by atoms with Crippen LogP contribution in [0, 0.1) is 0 Å². The molecule has 0 saturated carbocycles. The maximum atomic E-state index is 12.2. The Balaban J connectivity index is 2.15. The van der Waals surface area contributed by atoms with Crippen molar-refractivity contribution >= 4 is 35.7 Å². The molecule has 4 nitrogen and oxygen atoms in total. The van der Waals surface area contributed by atoms with Crippen LogP contribution in [0.4, 0.5) is 0 Å². The number of ether oxygens (including phenoxy) is 2. The molecule has 2 aliphatic carbocycles. The van der Waals surface area contributed by atoms with E-state index in [1.807, 2.05) is 24.3 Å². The summed E-state index contributed by atoms with van der Waals surface area (Å²) in [4.78, 5) is 24.3. The zero-order valence-corrected chi connectivity index (χ0v) is 12.5. The summed E-state index contributed by atoms with van der Waals surface area (Å²) in [5.74, 6) is -0.755. The van der Waals surface area contributed by atoms with Gasteiger partial charge in [-0.3, -0.25) is 0 Å². The fraction of sp³-hybridized carbons (Fsp3) is 0.222. The topological polar surface area (TPSA) is 52.6 Å². The highest BCUT2D eigenvalue weighted by molar-refractivity contribution is 6.19. The third-order valence-corrected chi connectivity index (χ3v) is 3.67. The predicted molar refractivity (Wildman–Crippen MR) is 84.2 cm³/mol. The predicted octanol–water partition coefficient (Wildman–Crippen LogP) is 1.41. The highest BCUT2D eigenvalue weighted by Crippen LogP contribution is 2.21. The van der Waals surface area contributed by atoms with Crippen molar-refractivity contribution in [2.24, 2.45) is 0 Å². The van der Waals surface area contributed by atoms with E-state index in [9.17, 15) is 9.59 Å². The Morgan fingerprint density at radius 1 is 0.955 bits per heavy atom. The van der Waals surface area contributed by atoms with Crippen LogP contribution in [0.5, 0.6) is 0 Å². The van der Waals surface area contributed by atoms with Crippen LogP contribution in [0.1, 0.15) is 35.3 Å². The number of hydrogen-bond donors (Lipinski definition) is 0. The number of benzene rings is 1. The van der Waals surface area contributed by atoms with E-state index in [-0.39, 0.29) is 11.9 Å². The van der Waals surface area contributed by atoms with Crippen LogP contribution in [0.25, 0.3) is 23.8 Å². The highest BCUT2D eigenvalue weighted by Gasteiger charge is 2.23. The Bertz CT molecular complexity index is 841. The summed E-state index contributed by atoms with van der Waals surface area (Å²) < 4.78 is 10.2. The third kappa shape index (κ3) is 2.17. The second kappa shape index (κ2) is 5.64. The quantitative estimate of drug-likeness (QED) is 0.788. The first-order chi connectivity index (χ1) is 10.7. The molecule has 0 saturated heterocycles. The van der Waals surface area contributed by atoms with Gasteiger partial charge in [-0.25, -0.2) is 9.59 Å².